The minimum absolute atomic E-state index is 0.0311. The van der Waals surface area contributed by atoms with Crippen LogP contribution in [0.3, 0.4) is 0 Å². The molecule has 1 saturated heterocycles. The summed E-state index contributed by atoms with van der Waals surface area (Å²) < 4.78 is 26.2. The molecule has 7 nitrogen and oxygen atoms in total. The number of ether oxygens (including phenoxy) is 1. The first kappa shape index (κ1) is 12.4. The van der Waals surface area contributed by atoms with Crippen LogP contribution in [0.15, 0.2) is 0 Å². The SMILES string of the molecule is NC1(C(=O)NCCS(N)(=O)=O)CCOC1. The van der Waals surface area contributed by atoms with Gasteiger partial charge in [0, 0.05) is 13.2 Å². The van der Waals surface area contributed by atoms with Crippen LogP contribution in [0, 0.1) is 0 Å². The molecule has 1 aliphatic heterocycles. The summed E-state index contributed by atoms with van der Waals surface area (Å²) in [7, 11) is -3.55. The van der Waals surface area contributed by atoms with Gasteiger partial charge in [0.05, 0.1) is 12.4 Å². The molecule has 0 aliphatic carbocycles. The molecule has 1 amide bonds. The van der Waals surface area contributed by atoms with Crippen molar-refractivity contribution >= 4 is 15.9 Å². The molecule has 1 aliphatic rings. The number of nitrogens with two attached hydrogens (primary N) is 2. The Bertz CT molecular complexity index is 334. The van der Waals surface area contributed by atoms with Gasteiger partial charge in [-0.2, -0.15) is 0 Å². The summed E-state index contributed by atoms with van der Waals surface area (Å²) in [6.07, 6.45) is 0.439. The van der Waals surface area contributed by atoms with Crippen LogP contribution in [0.2, 0.25) is 0 Å². The summed E-state index contributed by atoms with van der Waals surface area (Å²) in [6.45, 7) is 0.573. The molecule has 15 heavy (non-hydrogen) atoms. The second kappa shape index (κ2) is 4.44. The fourth-order valence-electron chi connectivity index (χ4n) is 1.24. The fourth-order valence-corrected chi connectivity index (χ4v) is 1.63. The first-order valence-corrected chi connectivity index (χ1v) is 6.20. The molecule has 5 N–H and O–H groups in total. The maximum Gasteiger partial charge on any atom is 0.242 e. The average molecular weight is 237 g/mol. The van der Waals surface area contributed by atoms with Crippen LogP contribution >= 0.6 is 0 Å². The quantitative estimate of drug-likeness (QED) is 0.499. The summed E-state index contributed by atoms with van der Waals surface area (Å²) in [5.74, 6) is -0.695. The highest BCUT2D eigenvalue weighted by atomic mass is 32.2. The van der Waals surface area contributed by atoms with Crippen molar-refractivity contribution in [3.8, 4) is 0 Å². The van der Waals surface area contributed by atoms with Crippen molar-refractivity contribution in [1.29, 1.82) is 0 Å². The van der Waals surface area contributed by atoms with E-state index in [0.29, 0.717) is 13.0 Å². The van der Waals surface area contributed by atoms with Crippen LogP contribution in [0.1, 0.15) is 6.42 Å². The molecule has 0 aromatic heterocycles. The second-order valence-corrected chi connectivity index (χ2v) is 5.32. The number of hydrogen-bond donors (Lipinski definition) is 3. The third-order valence-electron chi connectivity index (χ3n) is 2.18. The van der Waals surface area contributed by atoms with Crippen molar-refractivity contribution in [1.82, 2.24) is 5.32 Å². The van der Waals surface area contributed by atoms with Gasteiger partial charge in [-0.05, 0) is 6.42 Å². The van der Waals surface area contributed by atoms with Crippen LogP contribution in [-0.4, -0.2) is 45.4 Å². The zero-order valence-electron chi connectivity index (χ0n) is 8.23. The van der Waals surface area contributed by atoms with Crippen molar-refractivity contribution in [3.05, 3.63) is 0 Å². The number of sulfonamides is 1. The average Bonchev–Trinajstić information content (AvgIpc) is 2.51. The van der Waals surface area contributed by atoms with E-state index in [2.05, 4.69) is 5.32 Å². The van der Waals surface area contributed by atoms with Gasteiger partial charge < -0.3 is 15.8 Å². The Kier molecular flexibility index (Phi) is 3.66. The van der Waals surface area contributed by atoms with E-state index in [1.165, 1.54) is 0 Å². The number of carbonyl (C=O) groups is 1. The Labute approximate surface area is 88.2 Å². The van der Waals surface area contributed by atoms with E-state index in [-0.39, 0.29) is 18.9 Å². The summed E-state index contributed by atoms with van der Waals surface area (Å²) in [4.78, 5) is 11.5. The van der Waals surface area contributed by atoms with Gasteiger partial charge in [-0.1, -0.05) is 0 Å². The molecule has 1 heterocycles. The number of carbonyl (C=O) groups excluding carboxylic acids is 1. The predicted octanol–water partition coefficient (Wildman–Crippen LogP) is -2.49. The van der Waals surface area contributed by atoms with E-state index in [1.807, 2.05) is 0 Å². The predicted molar refractivity (Wildman–Crippen MR) is 53.3 cm³/mol. The maximum atomic E-state index is 11.5. The topological polar surface area (TPSA) is 125 Å². The summed E-state index contributed by atoms with van der Waals surface area (Å²) in [5, 5.41) is 7.19. The van der Waals surface area contributed by atoms with Crippen LogP contribution in [0.5, 0.6) is 0 Å². The van der Waals surface area contributed by atoms with Crippen molar-refractivity contribution < 1.29 is 17.9 Å². The molecule has 1 unspecified atom stereocenters. The van der Waals surface area contributed by atoms with E-state index < -0.39 is 21.5 Å². The number of nitrogens with one attached hydrogen (secondary N) is 1. The lowest BCUT2D eigenvalue weighted by Gasteiger charge is -2.20. The normalized spacial score (nSPS) is 26.5. The molecular weight excluding hydrogens is 222 g/mol. The molecule has 0 aromatic carbocycles. The zero-order chi connectivity index (χ0) is 11.5. The highest BCUT2D eigenvalue weighted by molar-refractivity contribution is 7.89. The van der Waals surface area contributed by atoms with Crippen molar-refractivity contribution in [2.24, 2.45) is 10.9 Å². The molecule has 1 rings (SSSR count). The van der Waals surface area contributed by atoms with Gasteiger partial charge in [0.1, 0.15) is 5.54 Å². The molecular formula is C7H15N3O4S. The smallest absolute Gasteiger partial charge is 0.242 e. The number of hydrogen-bond acceptors (Lipinski definition) is 5. The molecule has 88 valence electrons. The standard InChI is InChI=1S/C7H15N3O4S/c8-7(1-3-14-5-7)6(11)10-2-4-15(9,12)13/h1-5,8H2,(H,10,11)(H2,9,12,13). The Morgan fingerprint density at radius 2 is 2.20 bits per heavy atom. The van der Waals surface area contributed by atoms with E-state index in [0.717, 1.165) is 0 Å². The molecule has 0 saturated carbocycles. The van der Waals surface area contributed by atoms with E-state index in [1.54, 1.807) is 0 Å². The van der Waals surface area contributed by atoms with E-state index >= 15 is 0 Å². The zero-order valence-corrected chi connectivity index (χ0v) is 9.05. The summed E-state index contributed by atoms with van der Waals surface area (Å²) in [6, 6.07) is 0. The lowest BCUT2D eigenvalue weighted by Crippen LogP contribution is -2.55. The Morgan fingerprint density at radius 3 is 2.67 bits per heavy atom. The Morgan fingerprint density at radius 1 is 1.53 bits per heavy atom. The van der Waals surface area contributed by atoms with Gasteiger partial charge in [0.25, 0.3) is 0 Å². The molecule has 0 spiro atoms. The largest absolute Gasteiger partial charge is 0.379 e. The number of amides is 1. The molecule has 0 radical (unpaired) electrons. The lowest BCUT2D eigenvalue weighted by molar-refractivity contribution is -0.126. The highest BCUT2D eigenvalue weighted by Gasteiger charge is 2.37. The maximum absolute atomic E-state index is 11.5. The first-order valence-electron chi connectivity index (χ1n) is 4.49. The highest BCUT2D eigenvalue weighted by Crippen LogP contribution is 2.14. The Balaban J connectivity index is 2.36. The minimum Gasteiger partial charge on any atom is -0.379 e. The second-order valence-electron chi connectivity index (χ2n) is 3.58. The van der Waals surface area contributed by atoms with Gasteiger partial charge in [-0.25, -0.2) is 13.6 Å². The van der Waals surface area contributed by atoms with Crippen molar-refractivity contribution in [2.75, 3.05) is 25.5 Å². The molecule has 1 atom stereocenters. The van der Waals surface area contributed by atoms with Crippen molar-refractivity contribution in [3.63, 3.8) is 0 Å². The fraction of sp³-hybridized carbons (Fsp3) is 0.857. The monoisotopic (exact) mass is 237 g/mol. The van der Waals surface area contributed by atoms with Crippen LogP contribution in [0.25, 0.3) is 0 Å². The molecule has 1 fully saturated rings. The van der Waals surface area contributed by atoms with Gasteiger partial charge >= 0.3 is 0 Å². The van der Waals surface area contributed by atoms with Crippen molar-refractivity contribution in [2.45, 2.75) is 12.0 Å². The Hall–Kier alpha value is -0.700. The first-order chi connectivity index (χ1) is 6.83. The van der Waals surface area contributed by atoms with Crippen LogP contribution in [-0.2, 0) is 19.6 Å². The lowest BCUT2D eigenvalue weighted by atomic mass is 9.99. The summed E-state index contributed by atoms with van der Waals surface area (Å²) >= 11 is 0. The minimum atomic E-state index is -3.55. The summed E-state index contributed by atoms with van der Waals surface area (Å²) in [5.41, 5.74) is 4.71. The van der Waals surface area contributed by atoms with Gasteiger partial charge in [-0.3, -0.25) is 4.79 Å². The molecule has 0 aromatic rings. The third kappa shape index (κ3) is 3.74. The van der Waals surface area contributed by atoms with Gasteiger partial charge in [0.15, 0.2) is 0 Å². The van der Waals surface area contributed by atoms with Gasteiger partial charge in [-0.15, -0.1) is 0 Å². The number of primary sulfonamides is 1. The van der Waals surface area contributed by atoms with Crippen LogP contribution < -0.4 is 16.2 Å². The molecule has 0 bridgehead atoms. The number of rotatable bonds is 4. The third-order valence-corrected chi connectivity index (χ3v) is 2.95. The van der Waals surface area contributed by atoms with Gasteiger partial charge in [0.2, 0.25) is 15.9 Å². The van der Waals surface area contributed by atoms with E-state index in [9.17, 15) is 13.2 Å². The molecule has 8 heteroatoms. The van der Waals surface area contributed by atoms with Crippen LogP contribution in [0.4, 0.5) is 0 Å². The van der Waals surface area contributed by atoms with E-state index in [4.69, 9.17) is 15.6 Å².